The van der Waals surface area contributed by atoms with E-state index in [1.807, 2.05) is 18.2 Å². The monoisotopic (exact) mass is 277 g/mol. The first-order chi connectivity index (χ1) is 9.06. The molecule has 3 nitrogen and oxygen atoms in total. The Morgan fingerprint density at radius 3 is 2.79 bits per heavy atom. The van der Waals surface area contributed by atoms with Gasteiger partial charge in [-0.05, 0) is 49.3 Å². The van der Waals surface area contributed by atoms with Crippen LogP contribution in [0.5, 0.6) is 0 Å². The van der Waals surface area contributed by atoms with Crippen molar-refractivity contribution in [3.8, 4) is 0 Å². The minimum absolute atomic E-state index is 0.453. The molecule has 3 unspecified atom stereocenters. The summed E-state index contributed by atoms with van der Waals surface area (Å²) in [6, 6.07) is 6.24. The second-order valence-electron chi connectivity index (χ2n) is 5.89. The summed E-state index contributed by atoms with van der Waals surface area (Å²) in [5.74, 6) is 2.15. The second kappa shape index (κ2) is 4.71. The van der Waals surface area contributed by atoms with E-state index in [2.05, 4.69) is 23.4 Å². The standard InChI is InChI=1S/C15H20ClN3/c1-9-3-5-12(7-10(9)2)19-14-8-11(16)4-6-13(14)18-15(19)17/h4,6,8-10,12H,3,5,7H2,1-2H3,(H2,17,18). The maximum atomic E-state index is 6.12. The summed E-state index contributed by atoms with van der Waals surface area (Å²) in [6.45, 7) is 4.67. The number of halogens is 1. The topological polar surface area (TPSA) is 43.8 Å². The van der Waals surface area contributed by atoms with Crippen molar-refractivity contribution in [3.63, 3.8) is 0 Å². The first kappa shape index (κ1) is 12.8. The van der Waals surface area contributed by atoms with Gasteiger partial charge in [-0.15, -0.1) is 0 Å². The van der Waals surface area contributed by atoms with Gasteiger partial charge >= 0.3 is 0 Å². The third-order valence-corrected chi connectivity index (χ3v) is 4.85. The van der Waals surface area contributed by atoms with Crippen molar-refractivity contribution < 1.29 is 0 Å². The summed E-state index contributed by atoms with van der Waals surface area (Å²) in [7, 11) is 0. The summed E-state index contributed by atoms with van der Waals surface area (Å²) in [5.41, 5.74) is 8.13. The molecule has 19 heavy (non-hydrogen) atoms. The van der Waals surface area contributed by atoms with E-state index in [-0.39, 0.29) is 0 Å². The molecule has 0 spiro atoms. The van der Waals surface area contributed by atoms with Crippen LogP contribution in [0.1, 0.15) is 39.2 Å². The van der Waals surface area contributed by atoms with Crippen LogP contribution in [0.2, 0.25) is 5.02 Å². The molecule has 0 aliphatic heterocycles. The summed E-state index contributed by atoms with van der Waals surface area (Å²) < 4.78 is 2.18. The lowest BCUT2D eigenvalue weighted by atomic mass is 9.79. The van der Waals surface area contributed by atoms with Crippen molar-refractivity contribution in [3.05, 3.63) is 23.2 Å². The average molecular weight is 278 g/mol. The van der Waals surface area contributed by atoms with Crippen molar-refractivity contribution in [2.24, 2.45) is 11.8 Å². The lowest BCUT2D eigenvalue weighted by molar-refractivity contribution is 0.215. The van der Waals surface area contributed by atoms with Crippen LogP contribution >= 0.6 is 11.6 Å². The van der Waals surface area contributed by atoms with E-state index < -0.39 is 0 Å². The molecule has 1 aromatic carbocycles. The summed E-state index contributed by atoms with van der Waals surface area (Å²) in [5, 5.41) is 0.742. The molecule has 1 heterocycles. The molecule has 0 amide bonds. The number of fused-ring (bicyclic) bond motifs is 1. The number of anilines is 1. The zero-order valence-corrected chi connectivity index (χ0v) is 12.2. The van der Waals surface area contributed by atoms with Crippen LogP contribution in [0, 0.1) is 11.8 Å². The Labute approximate surface area is 118 Å². The van der Waals surface area contributed by atoms with E-state index >= 15 is 0 Å². The van der Waals surface area contributed by atoms with Crippen molar-refractivity contribution >= 4 is 28.6 Å². The van der Waals surface area contributed by atoms with Gasteiger partial charge in [0, 0.05) is 11.1 Å². The molecule has 1 aliphatic rings. The predicted octanol–water partition coefficient (Wildman–Crippen LogP) is 4.27. The highest BCUT2D eigenvalue weighted by molar-refractivity contribution is 6.31. The third kappa shape index (κ3) is 2.20. The third-order valence-electron chi connectivity index (χ3n) is 4.61. The van der Waals surface area contributed by atoms with Crippen LogP contribution in [-0.2, 0) is 0 Å². The zero-order chi connectivity index (χ0) is 13.6. The van der Waals surface area contributed by atoms with E-state index in [1.54, 1.807) is 0 Å². The number of rotatable bonds is 1. The molecular formula is C15H20ClN3. The van der Waals surface area contributed by atoms with Gasteiger partial charge in [-0.2, -0.15) is 0 Å². The molecule has 2 aromatic rings. The van der Waals surface area contributed by atoms with Crippen LogP contribution in [-0.4, -0.2) is 9.55 Å². The first-order valence-electron chi connectivity index (χ1n) is 6.99. The van der Waals surface area contributed by atoms with Gasteiger partial charge in [-0.1, -0.05) is 25.4 Å². The fraction of sp³-hybridized carbons (Fsp3) is 0.533. The Hall–Kier alpha value is -1.22. The number of hydrogen-bond donors (Lipinski definition) is 1. The fourth-order valence-corrected chi connectivity index (χ4v) is 3.39. The highest BCUT2D eigenvalue weighted by Gasteiger charge is 2.27. The smallest absolute Gasteiger partial charge is 0.201 e. The first-order valence-corrected chi connectivity index (χ1v) is 7.37. The van der Waals surface area contributed by atoms with Gasteiger partial charge in [0.05, 0.1) is 11.0 Å². The number of imidazole rings is 1. The van der Waals surface area contributed by atoms with Gasteiger partial charge in [0.2, 0.25) is 5.95 Å². The quantitative estimate of drug-likeness (QED) is 0.846. The summed E-state index contributed by atoms with van der Waals surface area (Å²) >= 11 is 6.11. The molecule has 4 heteroatoms. The second-order valence-corrected chi connectivity index (χ2v) is 6.33. The highest BCUT2D eigenvalue weighted by atomic mass is 35.5. The van der Waals surface area contributed by atoms with E-state index in [0.29, 0.717) is 12.0 Å². The van der Waals surface area contributed by atoms with Crippen molar-refractivity contribution in [2.75, 3.05) is 5.73 Å². The van der Waals surface area contributed by atoms with E-state index in [9.17, 15) is 0 Å². The Bertz CT molecular complexity index is 605. The number of nitrogens with zero attached hydrogens (tertiary/aromatic N) is 2. The maximum Gasteiger partial charge on any atom is 0.201 e. The van der Waals surface area contributed by atoms with E-state index in [4.69, 9.17) is 17.3 Å². The summed E-state index contributed by atoms with van der Waals surface area (Å²) in [6.07, 6.45) is 3.60. The van der Waals surface area contributed by atoms with Gasteiger partial charge in [-0.3, -0.25) is 0 Å². The Balaban J connectivity index is 2.04. The Kier molecular flexibility index (Phi) is 3.17. The molecule has 0 saturated heterocycles. The molecule has 2 N–H and O–H groups in total. The number of benzene rings is 1. The number of nitrogen functional groups attached to an aromatic ring is 1. The average Bonchev–Trinajstić information content (AvgIpc) is 2.68. The number of hydrogen-bond acceptors (Lipinski definition) is 2. The van der Waals surface area contributed by atoms with Crippen molar-refractivity contribution in [1.29, 1.82) is 0 Å². The van der Waals surface area contributed by atoms with Gasteiger partial charge < -0.3 is 10.3 Å². The number of nitrogens with two attached hydrogens (primary N) is 1. The SMILES string of the molecule is CC1CCC(n2c(N)nc3ccc(Cl)cc32)CC1C. The highest BCUT2D eigenvalue weighted by Crippen LogP contribution is 2.39. The largest absolute Gasteiger partial charge is 0.369 e. The lowest BCUT2D eigenvalue weighted by Gasteiger charge is -2.33. The van der Waals surface area contributed by atoms with Crippen molar-refractivity contribution in [2.45, 2.75) is 39.2 Å². The fourth-order valence-electron chi connectivity index (χ4n) is 3.22. The van der Waals surface area contributed by atoms with Crippen LogP contribution in [0.4, 0.5) is 5.95 Å². The molecule has 1 saturated carbocycles. The lowest BCUT2D eigenvalue weighted by Crippen LogP contribution is -2.24. The molecule has 1 aromatic heterocycles. The van der Waals surface area contributed by atoms with Crippen LogP contribution in [0.3, 0.4) is 0 Å². The van der Waals surface area contributed by atoms with Gasteiger partial charge in [0.1, 0.15) is 0 Å². The van der Waals surface area contributed by atoms with E-state index in [0.717, 1.165) is 27.9 Å². The van der Waals surface area contributed by atoms with Crippen LogP contribution in [0.15, 0.2) is 18.2 Å². The van der Waals surface area contributed by atoms with Crippen LogP contribution < -0.4 is 5.73 Å². The van der Waals surface area contributed by atoms with Gasteiger partial charge in [0.15, 0.2) is 0 Å². The van der Waals surface area contributed by atoms with Crippen LogP contribution in [0.25, 0.3) is 11.0 Å². The molecule has 1 aliphatic carbocycles. The molecular weight excluding hydrogens is 258 g/mol. The molecule has 0 bridgehead atoms. The Morgan fingerprint density at radius 1 is 1.26 bits per heavy atom. The van der Waals surface area contributed by atoms with Gasteiger partial charge in [-0.25, -0.2) is 4.98 Å². The van der Waals surface area contributed by atoms with Gasteiger partial charge in [0.25, 0.3) is 0 Å². The summed E-state index contributed by atoms with van der Waals surface area (Å²) in [4.78, 5) is 4.46. The minimum Gasteiger partial charge on any atom is -0.369 e. The molecule has 0 radical (unpaired) electrons. The number of aromatic nitrogens is 2. The molecule has 3 atom stereocenters. The predicted molar refractivity (Wildman–Crippen MR) is 80.4 cm³/mol. The van der Waals surface area contributed by atoms with E-state index in [1.165, 1.54) is 19.3 Å². The molecule has 3 rings (SSSR count). The molecule has 102 valence electrons. The normalized spacial score (nSPS) is 27.8. The maximum absolute atomic E-state index is 6.12. The molecule has 1 fully saturated rings. The minimum atomic E-state index is 0.453. The van der Waals surface area contributed by atoms with Crippen molar-refractivity contribution in [1.82, 2.24) is 9.55 Å². The Morgan fingerprint density at radius 2 is 2.05 bits per heavy atom. The zero-order valence-electron chi connectivity index (χ0n) is 11.4.